The predicted molar refractivity (Wildman–Crippen MR) is 111 cm³/mol. The molecule has 148 valence electrons. The smallest absolute Gasteiger partial charge is 0.311 e. The number of hydrogen-bond acceptors (Lipinski definition) is 5. The molecule has 0 spiro atoms. The summed E-state index contributed by atoms with van der Waals surface area (Å²) >= 11 is 1.48. The van der Waals surface area contributed by atoms with Gasteiger partial charge in [-0.05, 0) is 36.0 Å². The molecule has 2 aromatic carbocycles. The topological polar surface area (TPSA) is 72.7 Å². The summed E-state index contributed by atoms with van der Waals surface area (Å²) in [6.45, 7) is 1.57. The summed E-state index contributed by atoms with van der Waals surface area (Å²) in [5.74, 6) is 1.85. The molecule has 0 bridgehead atoms. The Bertz CT molecular complexity index is 820. The number of carbonyl (C=O) groups excluding carboxylic acids is 1. The van der Waals surface area contributed by atoms with Crippen molar-refractivity contribution in [2.24, 2.45) is 0 Å². The molecule has 0 atom stereocenters. The van der Waals surface area contributed by atoms with Crippen molar-refractivity contribution in [2.45, 2.75) is 24.5 Å². The normalized spacial score (nSPS) is 14.7. The summed E-state index contributed by atoms with van der Waals surface area (Å²) in [5.41, 5.74) is 2.12. The number of ether oxygens (including phenoxy) is 1. The fourth-order valence-electron chi connectivity index (χ4n) is 3.50. The van der Waals surface area contributed by atoms with E-state index in [9.17, 15) is 14.9 Å². The molecule has 0 radical (unpaired) electrons. The molecule has 0 aliphatic carbocycles. The average molecular weight is 401 g/mol. The molecule has 1 saturated heterocycles. The quantitative estimate of drug-likeness (QED) is 0.513. The van der Waals surface area contributed by atoms with E-state index in [0.717, 1.165) is 31.5 Å². The highest BCUT2D eigenvalue weighted by atomic mass is 32.2. The van der Waals surface area contributed by atoms with Crippen LogP contribution in [0.2, 0.25) is 0 Å². The number of nitro groups is 1. The van der Waals surface area contributed by atoms with Gasteiger partial charge in [-0.3, -0.25) is 14.9 Å². The van der Waals surface area contributed by atoms with E-state index in [0.29, 0.717) is 17.4 Å². The minimum absolute atomic E-state index is 0.0464. The van der Waals surface area contributed by atoms with Crippen molar-refractivity contribution < 1.29 is 14.5 Å². The van der Waals surface area contributed by atoms with Crippen molar-refractivity contribution >= 4 is 23.4 Å². The molecule has 0 unspecified atom stereocenters. The lowest BCUT2D eigenvalue weighted by Crippen LogP contribution is -2.38. The Hall–Kier alpha value is -2.54. The van der Waals surface area contributed by atoms with Gasteiger partial charge in [-0.15, -0.1) is 11.8 Å². The van der Waals surface area contributed by atoms with E-state index in [2.05, 4.69) is 24.3 Å². The van der Waals surface area contributed by atoms with E-state index in [4.69, 9.17) is 4.74 Å². The number of nitro benzene ring substituents is 1. The molecule has 6 nitrogen and oxygen atoms in total. The second-order valence-electron chi connectivity index (χ2n) is 6.82. The lowest BCUT2D eigenvalue weighted by atomic mass is 9.89. The molecular weight excluding hydrogens is 376 g/mol. The lowest BCUT2D eigenvalue weighted by molar-refractivity contribution is -0.385. The minimum Gasteiger partial charge on any atom is -0.490 e. The van der Waals surface area contributed by atoms with Crippen molar-refractivity contribution in [3.63, 3.8) is 0 Å². The summed E-state index contributed by atoms with van der Waals surface area (Å²) in [7, 11) is 1.41. The number of thioether (sulfide) groups is 1. The second kappa shape index (κ2) is 9.59. The lowest BCUT2D eigenvalue weighted by Gasteiger charge is -2.32. The Morgan fingerprint density at radius 3 is 2.57 bits per heavy atom. The van der Waals surface area contributed by atoms with Crippen LogP contribution in [-0.2, 0) is 10.5 Å². The van der Waals surface area contributed by atoms with Gasteiger partial charge in [0.15, 0.2) is 5.75 Å². The third-order valence-corrected chi connectivity index (χ3v) is 6.04. The van der Waals surface area contributed by atoms with Crippen LogP contribution in [0.4, 0.5) is 5.69 Å². The van der Waals surface area contributed by atoms with Gasteiger partial charge >= 0.3 is 5.69 Å². The van der Waals surface area contributed by atoms with Crippen molar-refractivity contribution in [2.75, 3.05) is 26.0 Å². The van der Waals surface area contributed by atoms with E-state index in [1.807, 2.05) is 11.0 Å². The number of hydrogen-bond donors (Lipinski definition) is 0. The van der Waals surface area contributed by atoms with Crippen molar-refractivity contribution in [3.8, 4) is 5.75 Å². The summed E-state index contributed by atoms with van der Waals surface area (Å²) in [4.78, 5) is 25.1. The zero-order chi connectivity index (χ0) is 19.9. The van der Waals surface area contributed by atoms with E-state index in [1.54, 1.807) is 12.1 Å². The van der Waals surface area contributed by atoms with Gasteiger partial charge < -0.3 is 9.64 Å². The number of methoxy groups -OCH3 is 1. The molecule has 1 aliphatic rings. The van der Waals surface area contributed by atoms with E-state index in [1.165, 1.54) is 30.5 Å². The second-order valence-corrected chi connectivity index (χ2v) is 7.81. The molecule has 2 aromatic rings. The molecule has 0 N–H and O–H groups in total. The van der Waals surface area contributed by atoms with Gasteiger partial charge in [-0.1, -0.05) is 36.4 Å². The van der Waals surface area contributed by atoms with E-state index >= 15 is 0 Å². The Morgan fingerprint density at radius 1 is 1.21 bits per heavy atom. The third-order valence-electron chi connectivity index (χ3n) is 5.05. The first-order chi connectivity index (χ1) is 13.6. The fourth-order valence-corrected chi connectivity index (χ4v) is 4.38. The van der Waals surface area contributed by atoms with Gasteiger partial charge in [-0.25, -0.2) is 0 Å². The summed E-state index contributed by atoms with van der Waals surface area (Å²) in [6, 6.07) is 15.4. The number of amides is 1. The highest BCUT2D eigenvalue weighted by Crippen LogP contribution is 2.30. The van der Waals surface area contributed by atoms with Gasteiger partial charge in [0.2, 0.25) is 5.91 Å². The standard InChI is InChI=1S/C21H24N2O4S/c1-27-20-8-7-16(13-19(20)23(25)26)14-28-15-21(24)22-11-9-18(10-12-22)17-5-3-2-4-6-17/h2-8,13,18H,9-12,14-15H2,1H3. The van der Waals surface area contributed by atoms with Crippen LogP contribution in [0.25, 0.3) is 0 Å². The summed E-state index contributed by atoms with van der Waals surface area (Å²) < 4.78 is 5.01. The Kier molecular flexibility index (Phi) is 6.92. The SMILES string of the molecule is COc1ccc(CSCC(=O)N2CCC(c3ccccc3)CC2)cc1[N+](=O)[O-]. The monoisotopic (exact) mass is 400 g/mol. The number of nitrogens with zero attached hydrogens (tertiary/aromatic N) is 2. The van der Waals surface area contributed by atoms with Gasteiger partial charge in [0.05, 0.1) is 17.8 Å². The summed E-state index contributed by atoms with van der Waals surface area (Å²) in [5, 5.41) is 11.1. The molecule has 7 heteroatoms. The van der Waals surface area contributed by atoms with Crippen LogP contribution in [-0.4, -0.2) is 41.7 Å². The van der Waals surface area contributed by atoms with E-state index < -0.39 is 4.92 Å². The van der Waals surface area contributed by atoms with Crippen LogP contribution in [0.1, 0.15) is 29.9 Å². The average Bonchev–Trinajstić information content (AvgIpc) is 2.74. The van der Waals surface area contributed by atoms with Gasteiger partial charge in [0.1, 0.15) is 0 Å². The number of rotatable bonds is 7. The van der Waals surface area contributed by atoms with Crippen LogP contribution in [0, 0.1) is 10.1 Å². The molecule has 1 fully saturated rings. The predicted octanol–water partition coefficient (Wildman–Crippen LogP) is 4.24. The van der Waals surface area contributed by atoms with Crippen LogP contribution in [0.3, 0.4) is 0 Å². The van der Waals surface area contributed by atoms with Gasteiger partial charge in [0.25, 0.3) is 0 Å². The third kappa shape index (κ3) is 5.04. The maximum Gasteiger partial charge on any atom is 0.311 e. The summed E-state index contributed by atoms with van der Waals surface area (Å²) in [6.07, 6.45) is 1.98. The first-order valence-corrected chi connectivity index (χ1v) is 10.5. The number of likely N-dealkylation sites (tertiary alicyclic amines) is 1. The molecule has 3 rings (SSSR count). The maximum atomic E-state index is 12.5. The maximum absolute atomic E-state index is 12.5. The molecule has 28 heavy (non-hydrogen) atoms. The molecule has 1 aliphatic heterocycles. The van der Waals surface area contributed by atoms with Gasteiger partial charge in [0, 0.05) is 24.9 Å². The fraction of sp³-hybridized carbons (Fsp3) is 0.381. The highest BCUT2D eigenvalue weighted by Gasteiger charge is 2.23. The zero-order valence-electron chi connectivity index (χ0n) is 15.9. The first-order valence-electron chi connectivity index (χ1n) is 9.30. The van der Waals surface area contributed by atoms with Crippen LogP contribution < -0.4 is 4.74 Å². The van der Waals surface area contributed by atoms with Gasteiger partial charge in [-0.2, -0.15) is 0 Å². The van der Waals surface area contributed by atoms with Crippen LogP contribution in [0.5, 0.6) is 5.75 Å². The molecule has 1 heterocycles. The molecule has 0 saturated carbocycles. The number of piperidine rings is 1. The largest absolute Gasteiger partial charge is 0.490 e. The minimum atomic E-state index is -0.449. The van der Waals surface area contributed by atoms with Crippen LogP contribution in [0.15, 0.2) is 48.5 Å². The van der Waals surface area contributed by atoms with Crippen molar-refractivity contribution in [1.82, 2.24) is 4.90 Å². The Labute approximate surface area is 169 Å². The highest BCUT2D eigenvalue weighted by molar-refractivity contribution is 7.99. The zero-order valence-corrected chi connectivity index (χ0v) is 16.7. The molecule has 0 aromatic heterocycles. The molecular formula is C21H24N2O4S. The van der Waals surface area contributed by atoms with Crippen molar-refractivity contribution in [3.05, 3.63) is 69.8 Å². The van der Waals surface area contributed by atoms with Crippen molar-refractivity contribution in [1.29, 1.82) is 0 Å². The molecule has 1 amide bonds. The first kappa shape index (κ1) is 20.2. The Morgan fingerprint density at radius 2 is 1.93 bits per heavy atom. The van der Waals surface area contributed by atoms with Crippen LogP contribution >= 0.6 is 11.8 Å². The Balaban J connectivity index is 1.46. The van der Waals surface area contributed by atoms with E-state index in [-0.39, 0.29) is 17.3 Å². The number of carbonyl (C=O) groups is 1. The number of benzene rings is 2.